The molecule has 1 aromatic heterocycles. The fraction of sp³-hybridized carbons (Fsp3) is 0.318. The third-order valence-electron chi connectivity index (χ3n) is 5.49. The van der Waals surface area contributed by atoms with E-state index in [2.05, 4.69) is 5.10 Å². The highest BCUT2D eigenvalue weighted by Gasteiger charge is 2.23. The summed E-state index contributed by atoms with van der Waals surface area (Å²) in [4.78, 5) is 28.8. The van der Waals surface area contributed by atoms with E-state index in [0.717, 1.165) is 25.7 Å². The van der Waals surface area contributed by atoms with Gasteiger partial charge in [-0.25, -0.2) is 4.98 Å². The molecule has 8 heteroatoms. The van der Waals surface area contributed by atoms with Crippen molar-refractivity contribution in [2.75, 3.05) is 7.11 Å². The number of nitro groups is 1. The van der Waals surface area contributed by atoms with E-state index >= 15 is 0 Å². The van der Waals surface area contributed by atoms with Crippen molar-refractivity contribution in [3.8, 4) is 5.75 Å². The van der Waals surface area contributed by atoms with Crippen molar-refractivity contribution in [2.45, 2.75) is 38.0 Å². The van der Waals surface area contributed by atoms with Crippen molar-refractivity contribution < 1.29 is 9.66 Å². The third kappa shape index (κ3) is 3.68. The van der Waals surface area contributed by atoms with E-state index in [9.17, 15) is 14.9 Å². The molecule has 2 aromatic carbocycles. The summed E-state index contributed by atoms with van der Waals surface area (Å²) < 4.78 is 6.58. The second-order valence-corrected chi connectivity index (χ2v) is 7.34. The molecule has 1 heterocycles. The van der Waals surface area contributed by atoms with Gasteiger partial charge in [0.1, 0.15) is 5.82 Å². The largest absolute Gasteiger partial charge is 0.490 e. The van der Waals surface area contributed by atoms with Gasteiger partial charge in [-0.2, -0.15) is 9.78 Å². The zero-order valence-electron chi connectivity index (χ0n) is 16.7. The highest BCUT2D eigenvalue weighted by molar-refractivity contribution is 5.86. The van der Waals surface area contributed by atoms with Crippen molar-refractivity contribution in [3.05, 3.63) is 74.3 Å². The van der Waals surface area contributed by atoms with Crippen LogP contribution in [0.15, 0.2) is 52.4 Å². The maximum absolute atomic E-state index is 13.2. The zero-order valence-corrected chi connectivity index (χ0v) is 16.7. The van der Waals surface area contributed by atoms with Gasteiger partial charge in [-0.1, -0.05) is 37.5 Å². The Morgan fingerprint density at radius 2 is 1.93 bits per heavy atom. The van der Waals surface area contributed by atoms with Gasteiger partial charge in [0, 0.05) is 17.5 Å². The first-order chi connectivity index (χ1) is 14.6. The van der Waals surface area contributed by atoms with Gasteiger partial charge in [-0.3, -0.25) is 14.9 Å². The maximum atomic E-state index is 13.2. The number of methoxy groups -OCH3 is 1. The molecule has 30 heavy (non-hydrogen) atoms. The Bertz CT molecular complexity index is 1180. The quantitative estimate of drug-likeness (QED) is 0.358. The highest BCUT2D eigenvalue weighted by atomic mass is 16.6. The highest BCUT2D eigenvalue weighted by Crippen LogP contribution is 2.32. The number of rotatable bonds is 5. The molecule has 1 aliphatic rings. The SMILES string of the molecule is COc1c(C=Nn2c(C3CCCCC3)nc3ccccc3c2=O)cccc1[N+](=O)[O-]. The Morgan fingerprint density at radius 3 is 2.67 bits per heavy atom. The molecule has 1 aliphatic carbocycles. The molecule has 154 valence electrons. The zero-order chi connectivity index (χ0) is 21.1. The van der Waals surface area contributed by atoms with Crippen LogP contribution >= 0.6 is 0 Å². The molecule has 0 radical (unpaired) electrons. The van der Waals surface area contributed by atoms with E-state index < -0.39 is 4.92 Å². The molecule has 0 bridgehead atoms. The minimum Gasteiger partial charge on any atom is -0.490 e. The van der Waals surface area contributed by atoms with Crippen LogP contribution in [0.25, 0.3) is 10.9 Å². The Balaban J connectivity index is 1.86. The molecule has 0 amide bonds. The topological polar surface area (TPSA) is 99.6 Å². The Morgan fingerprint density at radius 1 is 1.17 bits per heavy atom. The van der Waals surface area contributed by atoms with Gasteiger partial charge < -0.3 is 4.74 Å². The fourth-order valence-electron chi connectivity index (χ4n) is 4.01. The van der Waals surface area contributed by atoms with Crippen molar-refractivity contribution in [3.63, 3.8) is 0 Å². The molecule has 4 rings (SSSR count). The molecule has 0 aliphatic heterocycles. The second-order valence-electron chi connectivity index (χ2n) is 7.34. The summed E-state index contributed by atoms with van der Waals surface area (Å²) in [7, 11) is 1.37. The van der Waals surface area contributed by atoms with Crippen LogP contribution < -0.4 is 10.3 Å². The molecule has 0 atom stereocenters. The first kappa shape index (κ1) is 19.8. The van der Waals surface area contributed by atoms with Crippen LogP contribution in [0.4, 0.5) is 5.69 Å². The Kier molecular flexibility index (Phi) is 5.56. The van der Waals surface area contributed by atoms with Crippen LogP contribution in [0.2, 0.25) is 0 Å². The molecule has 3 aromatic rings. The van der Waals surface area contributed by atoms with Crippen LogP contribution in [0.3, 0.4) is 0 Å². The molecule has 0 N–H and O–H groups in total. The van der Waals surface area contributed by atoms with Gasteiger partial charge >= 0.3 is 5.69 Å². The molecule has 0 spiro atoms. The summed E-state index contributed by atoms with van der Waals surface area (Å²) in [5, 5.41) is 16.2. The summed E-state index contributed by atoms with van der Waals surface area (Å²) in [6, 6.07) is 11.8. The molecule has 8 nitrogen and oxygen atoms in total. The van der Waals surface area contributed by atoms with Gasteiger partial charge in [0.2, 0.25) is 5.75 Å². The summed E-state index contributed by atoms with van der Waals surface area (Å²) in [5.74, 6) is 0.895. The molecular weight excluding hydrogens is 384 g/mol. The maximum Gasteiger partial charge on any atom is 0.311 e. The molecule has 1 fully saturated rings. The van der Waals surface area contributed by atoms with Crippen LogP contribution in [-0.2, 0) is 0 Å². The van der Waals surface area contributed by atoms with E-state index in [1.54, 1.807) is 24.3 Å². The standard InChI is InChI=1S/C22H22N4O4/c1-30-20-16(10-7-13-19(20)26(28)29)14-23-25-21(15-8-3-2-4-9-15)24-18-12-6-5-11-17(18)22(25)27/h5-7,10-15H,2-4,8-9H2,1H3. The molecule has 0 saturated heterocycles. The lowest BCUT2D eigenvalue weighted by Crippen LogP contribution is -2.25. The first-order valence-corrected chi connectivity index (χ1v) is 9.97. The lowest BCUT2D eigenvalue weighted by atomic mass is 9.88. The van der Waals surface area contributed by atoms with Crippen LogP contribution in [-0.4, -0.2) is 27.9 Å². The Hall–Kier alpha value is -3.55. The predicted molar refractivity (Wildman–Crippen MR) is 114 cm³/mol. The number of nitro benzene ring substituents is 1. The lowest BCUT2D eigenvalue weighted by molar-refractivity contribution is -0.385. The van der Waals surface area contributed by atoms with Gasteiger partial charge in [0.05, 0.1) is 29.2 Å². The fourth-order valence-corrected chi connectivity index (χ4v) is 4.01. The minimum atomic E-state index is -0.507. The van der Waals surface area contributed by atoms with Crippen molar-refractivity contribution in [2.24, 2.45) is 5.10 Å². The number of hydrogen-bond donors (Lipinski definition) is 0. The van der Waals surface area contributed by atoms with Gasteiger partial charge in [-0.15, -0.1) is 0 Å². The van der Waals surface area contributed by atoms with E-state index in [-0.39, 0.29) is 22.9 Å². The number of hydrogen-bond acceptors (Lipinski definition) is 6. The molecule has 0 unspecified atom stereocenters. The van der Waals surface area contributed by atoms with E-state index in [0.29, 0.717) is 22.3 Å². The summed E-state index contributed by atoms with van der Waals surface area (Å²) in [6.07, 6.45) is 6.71. The average molecular weight is 406 g/mol. The van der Waals surface area contributed by atoms with Crippen LogP contribution in [0, 0.1) is 10.1 Å². The molecule has 1 saturated carbocycles. The lowest BCUT2D eigenvalue weighted by Gasteiger charge is -2.22. The van der Waals surface area contributed by atoms with Gasteiger partial charge in [-0.05, 0) is 31.0 Å². The number of nitrogens with zero attached hydrogens (tertiary/aromatic N) is 4. The smallest absolute Gasteiger partial charge is 0.311 e. The van der Waals surface area contributed by atoms with E-state index in [1.807, 2.05) is 12.1 Å². The predicted octanol–water partition coefficient (Wildman–Crippen LogP) is 4.24. The monoisotopic (exact) mass is 406 g/mol. The second kappa shape index (κ2) is 8.44. The number of aromatic nitrogens is 2. The third-order valence-corrected chi connectivity index (χ3v) is 5.49. The Labute approximate surface area is 173 Å². The number of fused-ring (bicyclic) bond motifs is 1. The van der Waals surface area contributed by atoms with Gasteiger partial charge in [0.15, 0.2) is 0 Å². The number of benzene rings is 2. The van der Waals surface area contributed by atoms with E-state index in [4.69, 9.17) is 9.72 Å². The number of ether oxygens (including phenoxy) is 1. The minimum absolute atomic E-state index is 0.104. The van der Waals surface area contributed by atoms with Crippen molar-refractivity contribution >= 4 is 22.8 Å². The summed E-state index contributed by atoms with van der Waals surface area (Å²) in [5.41, 5.74) is 0.670. The van der Waals surface area contributed by atoms with Crippen molar-refractivity contribution in [1.82, 2.24) is 9.66 Å². The summed E-state index contributed by atoms with van der Waals surface area (Å²) in [6.45, 7) is 0. The van der Waals surface area contributed by atoms with Crippen LogP contribution in [0.5, 0.6) is 5.75 Å². The molecular formula is C22H22N4O4. The van der Waals surface area contributed by atoms with Gasteiger partial charge in [0.25, 0.3) is 5.56 Å². The first-order valence-electron chi connectivity index (χ1n) is 9.97. The normalized spacial score (nSPS) is 15.0. The number of para-hydroxylation sites is 2. The van der Waals surface area contributed by atoms with E-state index in [1.165, 1.54) is 30.5 Å². The average Bonchev–Trinajstić information content (AvgIpc) is 2.78. The van der Waals surface area contributed by atoms with Crippen LogP contribution in [0.1, 0.15) is 49.4 Å². The van der Waals surface area contributed by atoms with Crippen molar-refractivity contribution in [1.29, 1.82) is 0 Å². The summed E-state index contributed by atoms with van der Waals surface area (Å²) >= 11 is 0.